The minimum absolute atomic E-state index is 0.0802. The van der Waals surface area contributed by atoms with Crippen molar-refractivity contribution in [3.63, 3.8) is 0 Å². The van der Waals surface area contributed by atoms with E-state index in [0.717, 1.165) is 18.5 Å². The van der Waals surface area contributed by atoms with Gasteiger partial charge in [-0.25, -0.2) is 0 Å². The van der Waals surface area contributed by atoms with Crippen LogP contribution in [0.3, 0.4) is 0 Å². The lowest BCUT2D eigenvalue weighted by Crippen LogP contribution is -2.32. The molecule has 1 aromatic carbocycles. The van der Waals surface area contributed by atoms with Crippen molar-refractivity contribution in [2.24, 2.45) is 0 Å². The number of carbonyl (C=O) groups is 2. The molecule has 0 atom stereocenters. The summed E-state index contributed by atoms with van der Waals surface area (Å²) in [5.74, 6) is -0.703. The molecule has 1 saturated carbocycles. The third kappa shape index (κ3) is 5.85. The van der Waals surface area contributed by atoms with E-state index in [0.29, 0.717) is 32.0 Å². The molecule has 1 aromatic rings. The highest BCUT2D eigenvalue weighted by Crippen LogP contribution is 2.19. The van der Waals surface area contributed by atoms with Crippen LogP contribution in [0.5, 0.6) is 0 Å². The molecule has 0 radical (unpaired) electrons. The zero-order chi connectivity index (χ0) is 15.1. The van der Waals surface area contributed by atoms with E-state index in [2.05, 4.69) is 10.2 Å². The van der Waals surface area contributed by atoms with Gasteiger partial charge < -0.3 is 15.3 Å². The molecule has 0 aromatic heterocycles. The second-order valence-corrected chi connectivity index (χ2v) is 5.41. The smallest absolute Gasteiger partial charge is 0.303 e. The molecule has 2 rings (SSSR count). The number of anilines is 1. The van der Waals surface area contributed by atoms with Gasteiger partial charge in [-0.1, -0.05) is 18.2 Å². The summed E-state index contributed by atoms with van der Waals surface area (Å²) in [5, 5.41) is 11.7. The van der Waals surface area contributed by atoms with Gasteiger partial charge in [0.2, 0.25) is 5.91 Å². The monoisotopic (exact) mass is 290 g/mol. The van der Waals surface area contributed by atoms with Gasteiger partial charge in [0.15, 0.2) is 0 Å². The molecule has 0 spiro atoms. The van der Waals surface area contributed by atoms with Crippen molar-refractivity contribution in [2.75, 3.05) is 18.0 Å². The largest absolute Gasteiger partial charge is 0.481 e. The van der Waals surface area contributed by atoms with Crippen molar-refractivity contribution >= 4 is 17.6 Å². The second kappa shape index (κ2) is 7.67. The third-order valence-corrected chi connectivity index (χ3v) is 3.49. The second-order valence-electron chi connectivity index (χ2n) is 5.41. The molecule has 2 N–H and O–H groups in total. The zero-order valence-electron chi connectivity index (χ0n) is 12.1. The van der Waals surface area contributed by atoms with Gasteiger partial charge in [-0.15, -0.1) is 0 Å². The molecule has 5 nitrogen and oxygen atoms in total. The minimum Gasteiger partial charge on any atom is -0.481 e. The van der Waals surface area contributed by atoms with Crippen molar-refractivity contribution in [3.05, 3.63) is 30.3 Å². The summed E-state index contributed by atoms with van der Waals surface area (Å²) < 4.78 is 0. The van der Waals surface area contributed by atoms with Gasteiger partial charge in [0.1, 0.15) is 0 Å². The molecule has 0 bridgehead atoms. The fraction of sp³-hybridized carbons (Fsp3) is 0.500. The number of hydrogen-bond donors (Lipinski definition) is 2. The Balaban J connectivity index is 1.84. The number of nitrogens with one attached hydrogen (secondary N) is 1. The summed E-state index contributed by atoms with van der Waals surface area (Å²) in [4.78, 5) is 24.5. The molecule has 0 saturated heterocycles. The lowest BCUT2D eigenvalue weighted by Gasteiger charge is -2.24. The maximum atomic E-state index is 11.8. The van der Waals surface area contributed by atoms with Crippen molar-refractivity contribution in [2.45, 2.75) is 38.1 Å². The first-order chi connectivity index (χ1) is 10.1. The van der Waals surface area contributed by atoms with Gasteiger partial charge in [-0.05, 0) is 31.4 Å². The lowest BCUT2D eigenvalue weighted by atomic mass is 10.2. The molecule has 21 heavy (non-hydrogen) atoms. The standard InChI is InChI=1S/C16H22N2O3/c19-15(17-13-8-9-13)10-12-18(11-4-7-16(20)21)14-5-2-1-3-6-14/h1-3,5-6,13H,4,7-12H2,(H,17,19)(H,20,21). The Bertz CT molecular complexity index is 472. The van der Waals surface area contributed by atoms with Crippen LogP contribution in [-0.2, 0) is 9.59 Å². The van der Waals surface area contributed by atoms with Crippen molar-refractivity contribution < 1.29 is 14.7 Å². The number of amides is 1. The number of carboxylic acids is 1. The summed E-state index contributed by atoms with van der Waals surface area (Å²) in [7, 11) is 0. The Morgan fingerprint density at radius 3 is 2.48 bits per heavy atom. The topological polar surface area (TPSA) is 69.6 Å². The number of carbonyl (C=O) groups excluding carboxylic acids is 1. The van der Waals surface area contributed by atoms with Crippen molar-refractivity contribution in [1.29, 1.82) is 0 Å². The molecule has 114 valence electrons. The summed E-state index contributed by atoms with van der Waals surface area (Å²) in [6.07, 6.45) is 3.35. The molecular formula is C16H22N2O3. The van der Waals surface area contributed by atoms with Crippen LogP contribution < -0.4 is 10.2 Å². The van der Waals surface area contributed by atoms with Gasteiger partial charge in [0.25, 0.3) is 0 Å². The molecule has 0 heterocycles. The highest BCUT2D eigenvalue weighted by atomic mass is 16.4. The van der Waals surface area contributed by atoms with Gasteiger partial charge in [0, 0.05) is 37.7 Å². The summed E-state index contributed by atoms with van der Waals surface area (Å²) in [6, 6.07) is 10.2. The predicted octanol–water partition coefficient (Wildman–Crippen LogP) is 2.03. The minimum atomic E-state index is -0.783. The molecule has 5 heteroatoms. The maximum Gasteiger partial charge on any atom is 0.303 e. The number of hydrogen-bond acceptors (Lipinski definition) is 3. The van der Waals surface area contributed by atoms with Crippen LogP contribution >= 0.6 is 0 Å². The van der Waals surface area contributed by atoms with Gasteiger partial charge in [-0.2, -0.15) is 0 Å². The van der Waals surface area contributed by atoms with Crippen LogP contribution in [0.4, 0.5) is 5.69 Å². The van der Waals surface area contributed by atoms with Crippen LogP contribution in [-0.4, -0.2) is 36.1 Å². The van der Waals surface area contributed by atoms with E-state index >= 15 is 0 Å². The van der Waals surface area contributed by atoms with E-state index in [-0.39, 0.29) is 12.3 Å². The van der Waals surface area contributed by atoms with Crippen LogP contribution in [0.2, 0.25) is 0 Å². The normalized spacial score (nSPS) is 13.7. The highest BCUT2D eigenvalue weighted by molar-refractivity contribution is 5.77. The van der Waals surface area contributed by atoms with Gasteiger partial charge >= 0.3 is 5.97 Å². The maximum absolute atomic E-state index is 11.8. The van der Waals surface area contributed by atoms with E-state index in [9.17, 15) is 9.59 Å². The first kappa shape index (κ1) is 15.4. The van der Waals surface area contributed by atoms with Gasteiger partial charge in [-0.3, -0.25) is 9.59 Å². The molecule has 1 aliphatic carbocycles. The predicted molar refractivity (Wildman–Crippen MR) is 81.3 cm³/mol. The van der Waals surface area contributed by atoms with Crippen LogP contribution in [0, 0.1) is 0 Å². The summed E-state index contributed by atoms with van der Waals surface area (Å²) in [6.45, 7) is 1.26. The molecule has 0 aliphatic heterocycles. The van der Waals surface area contributed by atoms with Crippen molar-refractivity contribution in [1.82, 2.24) is 5.32 Å². The first-order valence-corrected chi connectivity index (χ1v) is 7.46. The van der Waals surface area contributed by atoms with E-state index in [1.165, 1.54) is 0 Å². The molecule has 1 fully saturated rings. The summed E-state index contributed by atoms with van der Waals surface area (Å²) >= 11 is 0. The van der Waals surface area contributed by atoms with Crippen LogP contribution in [0.25, 0.3) is 0 Å². The van der Waals surface area contributed by atoms with Crippen molar-refractivity contribution in [3.8, 4) is 0 Å². The first-order valence-electron chi connectivity index (χ1n) is 7.46. The van der Waals surface area contributed by atoms with E-state index in [4.69, 9.17) is 5.11 Å². The molecule has 1 amide bonds. The molecule has 0 unspecified atom stereocenters. The third-order valence-electron chi connectivity index (χ3n) is 3.49. The van der Waals surface area contributed by atoms with E-state index in [1.807, 2.05) is 30.3 Å². The lowest BCUT2D eigenvalue weighted by molar-refractivity contribution is -0.137. The Morgan fingerprint density at radius 1 is 1.14 bits per heavy atom. The number of nitrogens with zero attached hydrogens (tertiary/aromatic N) is 1. The zero-order valence-corrected chi connectivity index (χ0v) is 12.1. The SMILES string of the molecule is O=C(O)CCCN(CCC(=O)NC1CC1)c1ccccc1. The number of benzene rings is 1. The Labute approximate surface area is 125 Å². The van der Waals surface area contributed by atoms with E-state index < -0.39 is 5.97 Å². The van der Waals surface area contributed by atoms with Crippen LogP contribution in [0.15, 0.2) is 30.3 Å². The number of carboxylic acid groups (broad SMARTS) is 1. The molecular weight excluding hydrogens is 268 g/mol. The fourth-order valence-corrected chi connectivity index (χ4v) is 2.19. The number of rotatable bonds is 9. The van der Waals surface area contributed by atoms with Crippen LogP contribution in [0.1, 0.15) is 32.1 Å². The Kier molecular flexibility index (Phi) is 5.60. The quantitative estimate of drug-likeness (QED) is 0.730. The Hall–Kier alpha value is -2.04. The highest BCUT2D eigenvalue weighted by Gasteiger charge is 2.23. The number of para-hydroxylation sites is 1. The number of aliphatic carboxylic acids is 1. The average molecular weight is 290 g/mol. The van der Waals surface area contributed by atoms with E-state index in [1.54, 1.807) is 0 Å². The fourth-order valence-electron chi connectivity index (χ4n) is 2.19. The van der Waals surface area contributed by atoms with Gasteiger partial charge in [0.05, 0.1) is 0 Å². The Morgan fingerprint density at radius 2 is 1.86 bits per heavy atom. The molecule has 1 aliphatic rings. The summed E-state index contributed by atoms with van der Waals surface area (Å²) in [5.41, 5.74) is 1.03. The average Bonchev–Trinajstić information content (AvgIpc) is 3.27.